The fraction of sp³-hybridized carbons (Fsp3) is 0.633. The molecule has 1 aromatic heterocycles. The highest BCUT2D eigenvalue weighted by Gasteiger charge is 2.42. The monoisotopic (exact) mass is 553 g/mol. The summed E-state index contributed by atoms with van der Waals surface area (Å²) in [6, 6.07) is 10.8. The Morgan fingerprint density at radius 3 is 2.10 bits per heavy atom. The van der Waals surface area contributed by atoms with Crippen LogP contribution in [0.25, 0.3) is 0 Å². The lowest BCUT2D eigenvalue weighted by Crippen LogP contribution is -2.43. The topological polar surface area (TPSA) is 86.7 Å². The Bertz CT molecular complexity index is 1230. The van der Waals surface area contributed by atoms with Crippen molar-refractivity contribution >= 4 is 15.9 Å². The number of fused-ring (bicyclic) bond motifs is 1. The van der Waals surface area contributed by atoms with E-state index < -0.39 is 10.0 Å². The summed E-state index contributed by atoms with van der Waals surface area (Å²) >= 11 is 0. The number of benzene rings is 1. The van der Waals surface area contributed by atoms with Crippen LogP contribution in [0.3, 0.4) is 0 Å². The second-order valence-corrected chi connectivity index (χ2v) is 14.5. The number of nitrogens with zero attached hydrogens (tertiary/aromatic N) is 5. The fourth-order valence-electron chi connectivity index (χ4n) is 7.03. The average Bonchev–Trinajstić information content (AvgIpc) is 3.49. The van der Waals surface area contributed by atoms with Crippen LogP contribution in [-0.4, -0.2) is 89.5 Å². The molecule has 4 heterocycles. The summed E-state index contributed by atoms with van der Waals surface area (Å²) in [6.07, 6.45) is 4.43. The predicted octanol–water partition coefficient (Wildman–Crippen LogP) is 3.72. The van der Waals surface area contributed by atoms with Gasteiger partial charge >= 0.3 is 0 Å². The second kappa shape index (κ2) is 11.6. The Balaban J connectivity index is 1.18. The van der Waals surface area contributed by atoms with Crippen molar-refractivity contribution in [1.82, 2.24) is 24.1 Å². The van der Waals surface area contributed by atoms with Crippen LogP contribution in [0.5, 0.6) is 0 Å². The van der Waals surface area contributed by atoms with Gasteiger partial charge < -0.3 is 9.80 Å². The zero-order valence-corrected chi connectivity index (χ0v) is 24.6. The molecule has 8 nitrogen and oxygen atoms in total. The van der Waals surface area contributed by atoms with E-state index in [0.717, 1.165) is 63.4 Å². The second-order valence-electron chi connectivity index (χ2n) is 12.0. The summed E-state index contributed by atoms with van der Waals surface area (Å²) in [6.45, 7) is 13.3. The van der Waals surface area contributed by atoms with Gasteiger partial charge in [-0.3, -0.25) is 4.79 Å². The number of rotatable bonds is 8. The summed E-state index contributed by atoms with van der Waals surface area (Å²) in [7, 11) is -3.19. The van der Waals surface area contributed by atoms with E-state index in [1.807, 2.05) is 18.7 Å². The summed E-state index contributed by atoms with van der Waals surface area (Å²) in [5.74, 6) is 2.01. The van der Waals surface area contributed by atoms with E-state index in [1.54, 1.807) is 18.2 Å². The summed E-state index contributed by atoms with van der Waals surface area (Å²) in [5.41, 5.74) is 3.54. The van der Waals surface area contributed by atoms with Crippen LogP contribution in [-0.2, 0) is 10.0 Å². The molecule has 1 unspecified atom stereocenters. The lowest BCUT2D eigenvalue weighted by molar-refractivity contribution is 0.0771. The van der Waals surface area contributed by atoms with E-state index in [9.17, 15) is 13.2 Å². The maximum Gasteiger partial charge on any atom is 0.257 e. The first-order valence-electron chi connectivity index (χ1n) is 14.5. The number of carbonyl (C=O) groups is 1. The summed E-state index contributed by atoms with van der Waals surface area (Å²) in [4.78, 5) is 26.4. The number of sulfonamides is 1. The van der Waals surface area contributed by atoms with Crippen LogP contribution in [0.2, 0.25) is 0 Å². The molecule has 1 aromatic carbocycles. The highest BCUT2D eigenvalue weighted by atomic mass is 32.2. The first kappa shape index (κ1) is 28.2. The molecule has 0 N–H and O–H groups in total. The minimum Gasteiger partial charge on any atom is -0.338 e. The average molecular weight is 554 g/mol. The number of piperidine rings is 1. The van der Waals surface area contributed by atoms with E-state index in [-0.39, 0.29) is 11.2 Å². The highest BCUT2D eigenvalue weighted by molar-refractivity contribution is 7.89. The van der Waals surface area contributed by atoms with Gasteiger partial charge in [0.2, 0.25) is 10.0 Å². The van der Waals surface area contributed by atoms with Crippen molar-refractivity contribution < 1.29 is 13.2 Å². The van der Waals surface area contributed by atoms with Gasteiger partial charge in [0.25, 0.3) is 5.91 Å². The van der Waals surface area contributed by atoms with Crippen molar-refractivity contribution in [1.29, 1.82) is 0 Å². The van der Waals surface area contributed by atoms with Gasteiger partial charge in [-0.15, -0.1) is 0 Å². The van der Waals surface area contributed by atoms with Crippen LogP contribution in [0.15, 0.2) is 36.7 Å². The zero-order chi connectivity index (χ0) is 27.7. The SMILES string of the molecule is Cc1ncnc(C)c1C(=O)N1C[C@H]2CN(CCC(c3ccccc3)C3CCN(S(=O)(=O)C(C)C)CC3)C[C@H]2C1. The number of amides is 1. The quantitative estimate of drug-likeness (QED) is 0.495. The van der Waals surface area contributed by atoms with Crippen molar-refractivity contribution in [3.05, 3.63) is 59.2 Å². The maximum atomic E-state index is 13.3. The summed E-state index contributed by atoms with van der Waals surface area (Å²) < 4.78 is 27.1. The van der Waals surface area contributed by atoms with Gasteiger partial charge in [-0.25, -0.2) is 22.7 Å². The van der Waals surface area contributed by atoms with Crippen LogP contribution in [0.4, 0.5) is 0 Å². The molecule has 0 saturated carbocycles. The molecule has 9 heteroatoms. The van der Waals surface area contributed by atoms with Crippen molar-refractivity contribution in [3.8, 4) is 0 Å². The van der Waals surface area contributed by atoms with Gasteiger partial charge in [0.05, 0.1) is 22.2 Å². The van der Waals surface area contributed by atoms with Gasteiger partial charge in [0, 0.05) is 39.3 Å². The maximum absolute atomic E-state index is 13.3. The minimum atomic E-state index is -3.19. The number of aromatic nitrogens is 2. The normalized spacial score (nSPS) is 23.9. The number of likely N-dealkylation sites (tertiary alicyclic amines) is 2. The Morgan fingerprint density at radius 2 is 1.54 bits per heavy atom. The molecule has 3 aliphatic heterocycles. The third kappa shape index (κ3) is 5.91. The largest absolute Gasteiger partial charge is 0.338 e. The van der Waals surface area contributed by atoms with Crippen molar-refractivity contribution in [3.63, 3.8) is 0 Å². The highest BCUT2D eigenvalue weighted by Crippen LogP contribution is 2.38. The Morgan fingerprint density at radius 1 is 0.949 bits per heavy atom. The third-order valence-electron chi connectivity index (χ3n) is 9.30. The Hall–Kier alpha value is -2.36. The van der Waals surface area contributed by atoms with Crippen LogP contribution >= 0.6 is 0 Å². The molecule has 3 atom stereocenters. The molecule has 0 spiro atoms. The predicted molar refractivity (Wildman–Crippen MR) is 153 cm³/mol. The smallest absolute Gasteiger partial charge is 0.257 e. The minimum absolute atomic E-state index is 0.0708. The molecule has 2 aromatic rings. The van der Waals surface area contributed by atoms with E-state index >= 15 is 0 Å². The molecular formula is C30H43N5O3S. The molecule has 1 amide bonds. The Kier molecular flexibility index (Phi) is 8.40. The van der Waals surface area contributed by atoms with Crippen LogP contribution < -0.4 is 0 Å². The lowest BCUT2D eigenvalue weighted by atomic mass is 9.78. The molecule has 5 rings (SSSR count). The molecule has 39 heavy (non-hydrogen) atoms. The number of hydrogen-bond donors (Lipinski definition) is 0. The van der Waals surface area contributed by atoms with E-state index in [2.05, 4.69) is 45.2 Å². The van der Waals surface area contributed by atoms with E-state index in [4.69, 9.17) is 0 Å². The summed E-state index contributed by atoms with van der Waals surface area (Å²) in [5, 5.41) is -0.367. The van der Waals surface area contributed by atoms with Gasteiger partial charge in [-0.1, -0.05) is 30.3 Å². The van der Waals surface area contributed by atoms with E-state index in [0.29, 0.717) is 42.3 Å². The van der Waals surface area contributed by atoms with Gasteiger partial charge in [-0.05, 0) is 82.7 Å². The van der Waals surface area contributed by atoms with Crippen molar-refractivity contribution in [2.45, 2.75) is 58.1 Å². The van der Waals surface area contributed by atoms with Gasteiger partial charge in [-0.2, -0.15) is 0 Å². The molecule has 3 saturated heterocycles. The lowest BCUT2D eigenvalue weighted by Gasteiger charge is -2.37. The first-order valence-corrected chi connectivity index (χ1v) is 16.0. The fourth-order valence-corrected chi connectivity index (χ4v) is 8.34. The van der Waals surface area contributed by atoms with Crippen molar-refractivity contribution in [2.75, 3.05) is 45.8 Å². The molecule has 3 aliphatic rings. The van der Waals surface area contributed by atoms with Crippen LogP contribution in [0.1, 0.15) is 66.3 Å². The molecule has 3 fully saturated rings. The standard InChI is InChI=1S/C30H43N5O3S/c1-21(2)39(37,38)35-14-10-25(11-15-35)28(24-8-6-5-7-9-24)12-13-33-16-26-18-34(19-27(26)17-33)30(36)29-22(3)31-20-32-23(29)4/h5-9,20-21,25-28H,10-19H2,1-4H3/t26-,27+,28?. The van der Waals surface area contributed by atoms with E-state index in [1.165, 1.54) is 11.9 Å². The third-order valence-corrected chi connectivity index (χ3v) is 11.6. The molecule has 212 valence electrons. The van der Waals surface area contributed by atoms with Gasteiger partial charge in [0.1, 0.15) is 6.33 Å². The Labute approximate surface area is 233 Å². The molecular weight excluding hydrogens is 510 g/mol. The van der Waals surface area contributed by atoms with Crippen molar-refractivity contribution in [2.24, 2.45) is 17.8 Å². The first-order chi connectivity index (χ1) is 18.6. The number of aryl methyl sites for hydroxylation is 2. The number of hydrogen-bond acceptors (Lipinski definition) is 6. The number of carbonyl (C=O) groups excluding carboxylic acids is 1. The van der Waals surface area contributed by atoms with Crippen LogP contribution in [0, 0.1) is 31.6 Å². The molecule has 0 bridgehead atoms. The zero-order valence-electron chi connectivity index (χ0n) is 23.8. The molecule has 0 radical (unpaired) electrons. The molecule has 0 aliphatic carbocycles. The van der Waals surface area contributed by atoms with Gasteiger partial charge in [0.15, 0.2) is 0 Å².